The topological polar surface area (TPSA) is 162 Å². The summed E-state index contributed by atoms with van der Waals surface area (Å²) in [6, 6.07) is 2.11. The summed E-state index contributed by atoms with van der Waals surface area (Å²) in [4.78, 5) is 47.8. The SMILES string of the molecule is CCOC(=O)c1nn(COC(C)=O)nc1C(=O)c1cc(OC)c(OC)cc1[N+](=O)[O-]. The van der Waals surface area contributed by atoms with Crippen molar-refractivity contribution in [1.29, 1.82) is 0 Å². The van der Waals surface area contributed by atoms with Crippen molar-refractivity contribution >= 4 is 23.4 Å². The molecule has 160 valence electrons. The predicted molar refractivity (Wildman–Crippen MR) is 97.4 cm³/mol. The van der Waals surface area contributed by atoms with Crippen molar-refractivity contribution in [3.05, 3.63) is 39.2 Å². The molecular formula is C17H18N4O9. The minimum Gasteiger partial charge on any atom is -0.493 e. The fourth-order valence-corrected chi connectivity index (χ4v) is 2.37. The Morgan fingerprint density at radius 1 is 1.07 bits per heavy atom. The first kappa shape index (κ1) is 22.3. The van der Waals surface area contributed by atoms with Gasteiger partial charge in [-0.05, 0) is 6.92 Å². The molecule has 0 unspecified atom stereocenters. The Kier molecular flexibility index (Phi) is 7.01. The van der Waals surface area contributed by atoms with Crippen LogP contribution in [0, 0.1) is 10.1 Å². The summed E-state index contributed by atoms with van der Waals surface area (Å²) in [5, 5.41) is 19.1. The number of nitro groups is 1. The molecule has 0 atom stereocenters. The van der Waals surface area contributed by atoms with Gasteiger partial charge in [-0.1, -0.05) is 0 Å². The van der Waals surface area contributed by atoms with Gasteiger partial charge in [0.2, 0.25) is 18.2 Å². The zero-order valence-corrected chi connectivity index (χ0v) is 16.5. The van der Waals surface area contributed by atoms with Crippen LogP contribution in [0.25, 0.3) is 0 Å². The van der Waals surface area contributed by atoms with Crippen LogP contribution in [-0.2, 0) is 21.0 Å². The van der Waals surface area contributed by atoms with Crippen molar-refractivity contribution in [2.75, 3.05) is 20.8 Å². The Morgan fingerprint density at radius 3 is 2.20 bits per heavy atom. The summed E-state index contributed by atoms with van der Waals surface area (Å²) in [6.07, 6.45) is 0. The van der Waals surface area contributed by atoms with Crippen molar-refractivity contribution in [2.24, 2.45) is 0 Å². The van der Waals surface area contributed by atoms with Gasteiger partial charge in [0.1, 0.15) is 5.56 Å². The van der Waals surface area contributed by atoms with Crippen LogP contribution in [0.1, 0.15) is 40.4 Å². The van der Waals surface area contributed by atoms with E-state index in [1.165, 1.54) is 14.2 Å². The highest BCUT2D eigenvalue weighted by Crippen LogP contribution is 2.35. The molecule has 2 aromatic rings. The number of hydrogen-bond acceptors (Lipinski definition) is 11. The summed E-state index contributed by atoms with van der Waals surface area (Å²) in [7, 11) is 2.57. The first-order valence-electron chi connectivity index (χ1n) is 8.44. The van der Waals surface area contributed by atoms with Crippen molar-refractivity contribution in [3.63, 3.8) is 0 Å². The van der Waals surface area contributed by atoms with E-state index in [4.69, 9.17) is 18.9 Å². The molecule has 0 bridgehead atoms. The van der Waals surface area contributed by atoms with Gasteiger partial charge in [-0.25, -0.2) is 4.79 Å². The van der Waals surface area contributed by atoms with E-state index >= 15 is 0 Å². The van der Waals surface area contributed by atoms with Gasteiger partial charge in [0.05, 0.1) is 31.8 Å². The highest BCUT2D eigenvalue weighted by atomic mass is 16.6. The number of esters is 2. The van der Waals surface area contributed by atoms with Crippen LogP contribution in [0.4, 0.5) is 5.69 Å². The second-order valence-corrected chi connectivity index (χ2v) is 5.57. The van der Waals surface area contributed by atoms with E-state index in [0.717, 1.165) is 23.9 Å². The molecule has 1 heterocycles. The fraction of sp³-hybridized carbons (Fsp3) is 0.353. The van der Waals surface area contributed by atoms with Crippen LogP contribution < -0.4 is 9.47 Å². The van der Waals surface area contributed by atoms with Crippen molar-refractivity contribution < 1.29 is 38.3 Å². The van der Waals surface area contributed by atoms with Crippen molar-refractivity contribution in [1.82, 2.24) is 15.0 Å². The molecule has 1 aromatic carbocycles. The van der Waals surface area contributed by atoms with Gasteiger partial charge in [-0.2, -0.15) is 0 Å². The fourth-order valence-electron chi connectivity index (χ4n) is 2.37. The molecule has 0 radical (unpaired) electrons. The average Bonchev–Trinajstić information content (AvgIpc) is 3.15. The zero-order chi connectivity index (χ0) is 22.4. The van der Waals surface area contributed by atoms with E-state index in [1.807, 2.05) is 0 Å². The predicted octanol–water partition coefficient (Wildman–Crippen LogP) is 1.13. The number of aromatic nitrogens is 3. The third-order valence-electron chi connectivity index (χ3n) is 3.67. The lowest BCUT2D eigenvalue weighted by Gasteiger charge is -2.09. The molecule has 13 nitrogen and oxygen atoms in total. The molecule has 0 fully saturated rings. The first-order valence-corrected chi connectivity index (χ1v) is 8.44. The highest BCUT2D eigenvalue weighted by Gasteiger charge is 2.32. The van der Waals surface area contributed by atoms with Crippen LogP contribution in [0.3, 0.4) is 0 Å². The number of methoxy groups -OCH3 is 2. The van der Waals surface area contributed by atoms with E-state index in [9.17, 15) is 24.5 Å². The van der Waals surface area contributed by atoms with Crippen LogP contribution in [0.2, 0.25) is 0 Å². The maximum Gasteiger partial charge on any atom is 0.361 e. The normalized spacial score (nSPS) is 10.3. The number of ether oxygens (including phenoxy) is 4. The van der Waals surface area contributed by atoms with E-state index in [0.29, 0.717) is 0 Å². The molecule has 2 rings (SSSR count). The quantitative estimate of drug-likeness (QED) is 0.246. The standard InChI is InChI=1S/C17H18N4O9/c1-5-29-17(24)15-14(18-20(19-15)8-30-9(2)22)16(23)10-6-12(27-3)13(28-4)7-11(10)21(25)26/h6-7H,5,8H2,1-4H3. The molecule has 1 aromatic heterocycles. The molecule has 0 aliphatic carbocycles. The van der Waals surface area contributed by atoms with Gasteiger partial charge in [-0.15, -0.1) is 15.0 Å². The minimum absolute atomic E-state index is 0.0141. The molecular weight excluding hydrogens is 404 g/mol. The third-order valence-corrected chi connectivity index (χ3v) is 3.67. The number of hydrogen-bond donors (Lipinski definition) is 0. The minimum atomic E-state index is -0.986. The van der Waals surface area contributed by atoms with E-state index in [2.05, 4.69) is 10.2 Å². The Morgan fingerprint density at radius 2 is 1.67 bits per heavy atom. The van der Waals surface area contributed by atoms with E-state index in [-0.39, 0.29) is 18.1 Å². The summed E-state index contributed by atoms with van der Waals surface area (Å²) >= 11 is 0. The summed E-state index contributed by atoms with van der Waals surface area (Å²) in [6.45, 7) is 2.19. The number of nitrogens with zero attached hydrogens (tertiary/aromatic N) is 4. The number of carbonyl (C=O) groups is 3. The van der Waals surface area contributed by atoms with Crippen molar-refractivity contribution in [3.8, 4) is 11.5 Å². The summed E-state index contributed by atoms with van der Waals surface area (Å²) < 4.78 is 19.7. The smallest absolute Gasteiger partial charge is 0.361 e. The Labute approximate surface area is 169 Å². The van der Waals surface area contributed by atoms with Crippen molar-refractivity contribution in [2.45, 2.75) is 20.6 Å². The largest absolute Gasteiger partial charge is 0.493 e. The average molecular weight is 422 g/mol. The molecule has 0 spiro atoms. The van der Waals surface area contributed by atoms with Gasteiger partial charge in [0, 0.05) is 13.0 Å². The van der Waals surface area contributed by atoms with Gasteiger partial charge in [0.15, 0.2) is 17.2 Å². The first-order chi connectivity index (χ1) is 14.2. The molecule has 0 saturated carbocycles. The van der Waals surface area contributed by atoms with Crippen LogP contribution in [-0.4, -0.2) is 58.5 Å². The number of benzene rings is 1. The lowest BCUT2D eigenvalue weighted by Crippen LogP contribution is -2.14. The maximum absolute atomic E-state index is 13.1. The van der Waals surface area contributed by atoms with Crippen LogP contribution >= 0.6 is 0 Å². The number of rotatable bonds is 9. The molecule has 0 N–H and O–H groups in total. The molecule has 0 saturated heterocycles. The highest BCUT2D eigenvalue weighted by molar-refractivity contribution is 6.14. The number of carbonyl (C=O) groups excluding carboxylic acids is 3. The van der Waals surface area contributed by atoms with Gasteiger partial charge in [0.25, 0.3) is 5.69 Å². The number of ketones is 1. The molecule has 30 heavy (non-hydrogen) atoms. The van der Waals surface area contributed by atoms with E-state index in [1.54, 1.807) is 6.92 Å². The second kappa shape index (κ2) is 9.45. The summed E-state index contributed by atoms with van der Waals surface area (Å²) in [5.41, 5.74) is -2.02. The molecule has 13 heteroatoms. The zero-order valence-electron chi connectivity index (χ0n) is 16.5. The van der Waals surface area contributed by atoms with Gasteiger partial charge < -0.3 is 18.9 Å². The maximum atomic E-state index is 13.1. The third kappa shape index (κ3) is 4.68. The molecule has 0 aliphatic rings. The van der Waals surface area contributed by atoms with Crippen LogP contribution in [0.15, 0.2) is 12.1 Å². The molecule has 0 amide bonds. The number of nitro benzene ring substituents is 1. The van der Waals surface area contributed by atoms with Crippen LogP contribution in [0.5, 0.6) is 11.5 Å². The summed E-state index contributed by atoms with van der Waals surface area (Å²) in [5.74, 6) is -2.52. The Balaban J connectivity index is 2.62. The van der Waals surface area contributed by atoms with Gasteiger partial charge in [-0.3, -0.25) is 19.7 Å². The van der Waals surface area contributed by atoms with Gasteiger partial charge >= 0.3 is 11.9 Å². The lowest BCUT2D eigenvalue weighted by atomic mass is 10.0. The molecule has 0 aliphatic heterocycles. The Bertz CT molecular complexity index is 999. The second-order valence-electron chi connectivity index (χ2n) is 5.57. The van der Waals surface area contributed by atoms with E-state index < -0.39 is 52.0 Å². The Hall–Kier alpha value is -4.03. The monoisotopic (exact) mass is 422 g/mol. The lowest BCUT2D eigenvalue weighted by molar-refractivity contribution is -0.385.